The van der Waals surface area contributed by atoms with Gasteiger partial charge in [-0.2, -0.15) is 0 Å². The third kappa shape index (κ3) is 5.29. The van der Waals surface area contributed by atoms with Gasteiger partial charge >= 0.3 is 0 Å². The van der Waals surface area contributed by atoms with Crippen LogP contribution in [0.2, 0.25) is 5.02 Å². The van der Waals surface area contributed by atoms with E-state index in [1.54, 1.807) is 7.11 Å². The number of benzene rings is 3. The van der Waals surface area contributed by atoms with Crippen LogP contribution >= 0.6 is 11.6 Å². The third-order valence-corrected chi connectivity index (χ3v) is 7.30. The summed E-state index contributed by atoms with van der Waals surface area (Å²) in [5.41, 5.74) is 4.08. The average Bonchev–Trinajstić information content (AvgIpc) is 3.19. The summed E-state index contributed by atoms with van der Waals surface area (Å²) >= 11 is 6.37. The molecule has 2 amide bonds. The Bertz CT molecular complexity index is 1280. The summed E-state index contributed by atoms with van der Waals surface area (Å²) < 4.78 is 5.19. The van der Waals surface area contributed by atoms with E-state index in [0.717, 1.165) is 41.5 Å². The Hall–Kier alpha value is -3.55. The van der Waals surface area contributed by atoms with Crippen LogP contribution in [0.15, 0.2) is 72.8 Å². The number of rotatable bonds is 8. The van der Waals surface area contributed by atoms with Crippen molar-refractivity contribution in [3.8, 4) is 0 Å². The van der Waals surface area contributed by atoms with Crippen LogP contribution in [0.3, 0.4) is 0 Å². The van der Waals surface area contributed by atoms with Crippen molar-refractivity contribution in [2.75, 3.05) is 56.7 Å². The van der Waals surface area contributed by atoms with Gasteiger partial charge < -0.3 is 24.8 Å². The highest BCUT2D eigenvalue weighted by atomic mass is 35.5. The molecule has 0 spiro atoms. The van der Waals surface area contributed by atoms with Crippen LogP contribution < -0.4 is 10.2 Å². The van der Waals surface area contributed by atoms with E-state index in [1.807, 2.05) is 82.6 Å². The molecule has 3 aromatic rings. The van der Waals surface area contributed by atoms with Crippen LogP contribution in [0.5, 0.6) is 0 Å². The highest BCUT2D eigenvalue weighted by Gasteiger charge is 2.36. The average molecular weight is 519 g/mol. The summed E-state index contributed by atoms with van der Waals surface area (Å²) in [5, 5.41) is 4.23. The van der Waals surface area contributed by atoms with E-state index in [2.05, 4.69) is 10.2 Å². The summed E-state index contributed by atoms with van der Waals surface area (Å²) in [4.78, 5) is 32.4. The highest BCUT2D eigenvalue weighted by Crippen LogP contribution is 2.34. The lowest BCUT2D eigenvalue weighted by Gasteiger charge is -2.36. The Balaban J connectivity index is 1.28. The monoisotopic (exact) mass is 518 g/mol. The van der Waals surface area contributed by atoms with Gasteiger partial charge in [-0.15, -0.1) is 0 Å². The molecule has 1 fully saturated rings. The molecular weight excluding hydrogens is 488 g/mol. The number of carbonyl (C=O) groups excluding carboxylic acids is 2. The number of methoxy groups -OCH3 is 1. The lowest BCUT2D eigenvalue weighted by atomic mass is 10.1. The van der Waals surface area contributed by atoms with E-state index in [4.69, 9.17) is 16.3 Å². The normalized spacial score (nSPS) is 17.2. The van der Waals surface area contributed by atoms with Gasteiger partial charge in [0.25, 0.3) is 11.8 Å². The fourth-order valence-corrected chi connectivity index (χ4v) is 5.33. The number of halogens is 1. The van der Waals surface area contributed by atoms with Crippen LogP contribution in [0.4, 0.5) is 11.4 Å². The van der Waals surface area contributed by atoms with Gasteiger partial charge in [0.2, 0.25) is 0 Å². The topological polar surface area (TPSA) is 65.1 Å². The second-order valence-electron chi connectivity index (χ2n) is 9.29. The SMILES string of the molecule is COCCCN1C(=O)c2ccccc2C1Nc1cccc(C(=O)N2CCN(c3ccccc3Cl)CC2)c1. The predicted octanol–water partition coefficient (Wildman–Crippen LogP) is 4.91. The zero-order valence-electron chi connectivity index (χ0n) is 20.9. The Morgan fingerprint density at radius 1 is 1.00 bits per heavy atom. The molecule has 7 nitrogen and oxygen atoms in total. The lowest BCUT2D eigenvalue weighted by molar-refractivity contribution is 0.0718. The maximum absolute atomic E-state index is 13.4. The van der Waals surface area contributed by atoms with E-state index in [-0.39, 0.29) is 18.0 Å². The molecule has 3 aromatic carbocycles. The largest absolute Gasteiger partial charge is 0.385 e. The van der Waals surface area contributed by atoms with Crippen molar-refractivity contribution in [3.63, 3.8) is 0 Å². The van der Waals surface area contributed by atoms with E-state index in [1.165, 1.54) is 0 Å². The fraction of sp³-hybridized carbons (Fsp3) is 0.310. The van der Waals surface area contributed by atoms with Gasteiger partial charge in [-0.25, -0.2) is 0 Å². The second kappa shape index (κ2) is 11.2. The number of hydrogen-bond acceptors (Lipinski definition) is 5. The molecule has 0 aromatic heterocycles. The van der Waals surface area contributed by atoms with Crippen molar-refractivity contribution in [2.24, 2.45) is 0 Å². The molecule has 0 saturated carbocycles. The van der Waals surface area contributed by atoms with Gasteiger partial charge in [0.15, 0.2) is 0 Å². The van der Waals surface area contributed by atoms with E-state index in [0.29, 0.717) is 37.4 Å². The van der Waals surface area contributed by atoms with Crippen LogP contribution in [0.1, 0.15) is 38.9 Å². The van der Waals surface area contributed by atoms with E-state index >= 15 is 0 Å². The first-order chi connectivity index (χ1) is 18.1. The third-order valence-electron chi connectivity index (χ3n) is 6.98. The highest BCUT2D eigenvalue weighted by molar-refractivity contribution is 6.33. The maximum atomic E-state index is 13.4. The Morgan fingerprint density at radius 2 is 1.76 bits per heavy atom. The summed E-state index contributed by atoms with van der Waals surface area (Å²) in [6, 6.07) is 23.0. The number of fused-ring (bicyclic) bond motifs is 1. The molecule has 5 rings (SSSR count). The minimum Gasteiger partial charge on any atom is -0.385 e. The van der Waals surface area contributed by atoms with Crippen molar-refractivity contribution in [2.45, 2.75) is 12.6 Å². The van der Waals surface area contributed by atoms with Gasteiger partial charge in [0.05, 0.1) is 10.7 Å². The summed E-state index contributed by atoms with van der Waals surface area (Å²) in [5.74, 6) is 0.00938. The molecule has 0 bridgehead atoms. The minimum absolute atomic E-state index is 0.00214. The summed E-state index contributed by atoms with van der Waals surface area (Å²) in [6.07, 6.45) is 0.442. The van der Waals surface area contributed by atoms with Crippen molar-refractivity contribution in [1.29, 1.82) is 0 Å². The second-order valence-corrected chi connectivity index (χ2v) is 9.70. The molecule has 8 heteroatoms. The quantitative estimate of drug-likeness (QED) is 0.429. The molecule has 37 heavy (non-hydrogen) atoms. The predicted molar refractivity (Wildman–Crippen MR) is 146 cm³/mol. The molecule has 2 aliphatic rings. The number of amides is 2. The Labute approximate surface area is 222 Å². The molecular formula is C29H31ClN4O3. The van der Waals surface area contributed by atoms with Crippen LogP contribution in [0.25, 0.3) is 0 Å². The molecule has 1 saturated heterocycles. The smallest absolute Gasteiger partial charge is 0.256 e. The number of para-hydroxylation sites is 1. The molecule has 0 radical (unpaired) electrons. The number of nitrogens with one attached hydrogen (secondary N) is 1. The van der Waals surface area contributed by atoms with Crippen LogP contribution in [-0.4, -0.2) is 68.1 Å². The number of anilines is 2. The maximum Gasteiger partial charge on any atom is 0.256 e. The first-order valence-corrected chi connectivity index (χ1v) is 13.0. The molecule has 0 aliphatic carbocycles. The molecule has 192 valence electrons. The van der Waals surface area contributed by atoms with Crippen molar-refractivity contribution in [3.05, 3.63) is 94.5 Å². The number of nitrogens with zero attached hydrogens (tertiary/aromatic N) is 3. The minimum atomic E-state index is -0.301. The van der Waals surface area contributed by atoms with E-state index < -0.39 is 0 Å². The molecule has 2 heterocycles. The number of ether oxygens (including phenoxy) is 1. The van der Waals surface area contributed by atoms with Gasteiger partial charge in [-0.1, -0.05) is 48.0 Å². The molecule has 1 unspecified atom stereocenters. The fourth-order valence-electron chi connectivity index (χ4n) is 5.08. The zero-order valence-corrected chi connectivity index (χ0v) is 21.7. The zero-order chi connectivity index (χ0) is 25.8. The van der Waals surface area contributed by atoms with Gasteiger partial charge in [0, 0.05) is 68.8 Å². The summed E-state index contributed by atoms with van der Waals surface area (Å²) in [7, 11) is 1.66. The first kappa shape index (κ1) is 25.1. The van der Waals surface area contributed by atoms with Gasteiger partial charge in [-0.3, -0.25) is 9.59 Å². The Kier molecular flexibility index (Phi) is 7.63. The molecule has 2 aliphatic heterocycles. The van der Waals surface area contributed by atoms with Crippen LogP contribution in [0, 0.1) is 0 Å². The first-order valence-electron chi connectivity index (χ1n) is 12.6. The number of carbonyl (C=O) groups is 2. The number of hydrogen-bond donors (Lipinski definition) is 1. The van der Waals surface area contributed by atoms with Gasteiger partial charge in [0.1, 0.15) is 6.17 Å². The van der Waals surface area contributed by atoms with Crippen molar-refractivity contribution >= 4 is 34.8 Å². The molecule has 1 atom stereocenters. The lowest BCUT2D eigenvalue weighted by Crippen LogP contribution is -2.48. The van der Waals surface area contributed by atoms with Crippen molar-refractivity contribution < 1.29 is 14.3 Å². The Morgan fingerprint density at radius 3 is 2.54 bits per heavy atom. The number of piperazine rings is 1. The van der Waals surface area contributed by atoms with Crippen LogP contribution in [-0.2, 0) is 4.74 Å². The van der Waals surface area contributed by atoms with E-state index in [9.17, 15) is 9.59 Å². The molecule has 1 N–H and O–H groups in total. The van der Waals surface area contributed by atoms with Gasteiger partial charge in [-0.05, 0) is 42.8 Å². The summed E-state index contributed by atoms with van der Waals surface area (Å²) in [6.45, 7) is 3.86. The standard InChI is InChI=1S/C29H31ClN4O3/c1-37-19-7-14-34-27(23-10-2-3-11-24(23)29(34)36)31-22-9-6-8-21(20-22)28(35)33-17-15-32(16-18-33)26-13-5-4-12-25(26)30/h2-6,8-13,20,27,31H,7,14-19H2,1H3. The van der Waals surface area contributed by atoms with Crippen molar-refractivity contribution in [1.82, 2.24) is 9.80 Å².